The molecule has 2 radical (unpaired) electrons. The quantitative estimate of drug-likeness (QED) is 0.572. The molecule has 0 spiro atoms. The van der Waals surface area contributed by atoms with E-state index in [-0.39, 0.29) is 0 Å². The molecule has 0 unspecified atom stereocenters. The average Bonchev–Trinajstić information content (AvgIpc) is 2.38. The van der Waals surface area contributed by atoms with Crippen molar-refractivity contribution in [2.75, 3.05) is 0 Å². The van der Waals surface area contributed by atoms with Crippen LogP contribution in [0.2, 0.25) is 0 Å². The molecule has 2 aromatic carbocycles. The molecule has 2 aromatic rings. The average molecular weight is 212 g/mol. The lowest BCUT2D eigenvalue weighted by molar-refractivity contribution is -0.0999. The van der Waals surface area contributed by atoms with Crippen molar-refractivity contribution >= 4 is 0 Å². The maximum absolute atomic E-state index is 5.16. The number of rotatable bonds is 4. The summed E-state index contributed by atoms with van der Waals surface area (Å²) in [6.07, 6.45) is 0.773. The summed E-state index contributed by atoms with van der Waals surface area (Å²) in [6, 6.07) is 17.6. The van der Waals surface area contributed by atoms with Crippen LogP contribution in [0.4, 0.5) is 0 Å². The highest BCUT2D eigenvalue weighted by Gasteiger charge is 1.96. The van der Waals surface area contributed by atoms with Crippen LogP contribution in [0.1, 0.15) is 5.56 Å². The Morgan fingerprint density at radius 3 is 2.00 bits per heavy atom. The van der Waals surface area contributed by atoms with Gasteiger partial charge in [0.15, 0.2) is 11.5 Å². The summed E-state index contributed by atoms with van der Waals surface area (Å²) in [5.74, 6) is 1.32. The molecule has 2 rings (SSSR count). The Hall–Kier alpha value is -1.96. The lowest BCUT2D eigenvalue weighted by Crippen LogP contribution is -1.99. The van der Waals surface area contributed by atoms with Crippen LogP contribution in [0.5, 0.6) is 11.5 Å². The molecule has 0 aromatic heterocycles. The predicted molar refractivity (Wildman–Crippen MR) is 62.0 cm³/mol. The fourth-order valence-electron chi connectivity index (χ4n) is 1.24. The molecular weight excluding hydrogens is 200 g/mol. The van der Waals surface area contributed by atoms with Crippen LogP contribution in [-0.2, 0) is 6.42 Å². The van der Waals surface area contributed by atoms with Crippen LogP contribution < -0.4 is 9.78 Å². The predicted octanol–water partition coefficient (Wildman–Crippen LogP) is 3.24. The Morgan fingerprint density at radius 2 is 1.44 bits per heavy atom. The molecule has 0 bridgehead atoms. The van der Waals surface area contributed by atoms with Crippen LogP contribution in [0, 0.1) is 13.0 Å². The first-order valence-corrected chi connectivity index (χ1v) is 5.07. The minimum Gasteiger partial charge on any atom is -0.290 e. The highest BCUT2D eigenvalue weighted by molar-refractivity contribution is 5.27. The highest BCUT2D eigenvalue weighted by Crippen LogP contribution is 2.15. The molecule has 80 valence electrons. The monoisotopic (exact) mass is 212 g/mol. The molecule has 0 aliphatic rings. The van der Waals surface area contributed by atoms with Gasteiger partial charge < -0.3 is 0 Å². The van der Waals surface area contributed by atoms with Crippen molar-refractivity contribution in [3.05, 3.63) is 67.1 Å². The maximum atomic E-state index is 5.16. The Balaban J connectivity index is 1.94. The van der Waals surface area contributed by atoms with Gasteiger partial charge in [0.05, 0.1) is 0 Å². The summed E-state index contributed by atoms with van der Waals surface area (Å²) in [6.45, 7) is 3.80. The molecule has 0 aliphatic carbocycles. The normalized spacial score (nSPS) is 9.81. The van der Waals surface area contributed by atoms with Gasteiger partial charge in [0.25, 0.3) is 0 Å². The molecule has 0 saturated carbocycles. The fraction of sp³-hybridized carbons (Fsp3) is 0.0714. The van der Waals surface area contributed by atoms with E-state index in [1.807, 2.05) is 24.3 Å². The van der Waals surface area contributed by atoms with Crippen molar-refractivity contribution in [3.63, 3.8) is 0 Å². The molecule has 16 heavy (non-hydrogen) atoms. The summed E-state index contributed by atoms with van der Waals surface area (Å²) in [4.78, 5) is 10.3. The van der Waals surface area contributed by atoms with Crippen molar-refractivity contribution in [3.8, 4) is 11.5 Å². The van der Waals surface area contributed by atoms with Gasteiger partial charge in [-0.05, 0) is 49.2 Å². The van der Waals surface area contributed by atoms with Gasteiger partial charge >= 0.3 is 0 Å². The zero-order chi connectivity index (χ0) is 11.2. The maximum Gasteiger partial charge on any atom is 0.178 e. The first kappa shape index (κ1) is 10.6. The fourth-order valence-corrected chi connectivity index (χ4v) is 1.24. The smallest absolute Gasteiger partial charge is 0.178 e. The molecule has 2 heteroatoms. The summed E-state index contributed by atoms with van der Waals surface area (Å²) in [5.41, 5.74) is 1.17. The van der Waals surface area contributed by atoms with E-state index in [9.17, 15) is 0 Å². The van der Waals surface area contributed by atoms with Gasteiger partial charge in [-0.25, -0.2) is 0 Å². The number of hydrogen-bond donors (Lipinski definition) is 0. The van der Waals surface area contributed by atoms with Crippen LogP contribution in [-0.4, -0.2) is 0 Å². The molecule has 0 heterocycles. The van der Waals surface area contributed by atoms with Crippen molar-refractivity contribution in [1.82, 2.24) is 0 Å². The van der Waals surface area contributed by atoms with E-state index in [1.165, 1.54) is 5.56 Å². The van der Waals surface area contributed by atoms with Gasteiger partial charge in [0.2, 0.25) is 0 Å². The minimum atomic E-state index is 0.653. The third kappa shape index (κ3) is 2.76. The summed E-state index contributed by atoms with van der Waals surface area (Å²) < 4.78 is 0. The number of benzene rings is 2. The van der Waals surface area contributed by atoms with E-state index in [2.05, 4.69) is 13.0 Å². The van der Waals surface area contributed by atoms with E-state index in [4.69, 9.17) is 9.78 Å². The van der Waals surface area contributed by atoms with Gasteiger partial charge in [-0.1, -0.05) is 24.3 Å². The van der Waals surface area contributed by atoms with E-state index < -0.39 is 0 Å². The van der Waals surface area contributed by atoms with Gasteiger partial charge in [-0.2, -0.15) is 0 Å². The molecule has 0 atom stereocenters. The Morgan fingerprint density at radius 1 is 0.875 bits per heavy atom. The third-order valence-electron chi connectivity index (χ3n) is 2.13. The van der Waals surface area contributed by atoms with Crippen molar-refractivity contribution in [2.24, 2.45) is 0 Å². The lowest BCUT2D eigenvalue weighted by atomic mass is 10.2. The van der Waals surface area contributed by atoms with Crippen LogP contribution in [0.25, 0.3) is 0 Å². The van der Waals surface area contributed by atoms with Crippen molar-refractivity contribution in [1.29, 1.82) is 0 Å². The first-order chi connectivity index (χ1) is 7.88. The molecule has 0 N–H and O–H groups in total. The molecular formula is C14H12O2. The van der Waals surface area contributed by atoms with Gasteiger partial charge in [-0.15, -0.1) is 0 Å². The zero-order valence-electron chi connectivity index (χ0n) is 8.85. The summed E-state index contributed by atoms with van der Waals surface area (Å²) in [5, 5.41) is 0. The van der Waals surface area contributed by atoms with Crippen LogP contribution in [0.3, 0.4) is 0 Å². The van der Waals surface area contributed by atoms with E-state index in [0.29, 0.717) is 11.5 Å². The Labute approximate surface area is 95.4 Å². The molecule has 0 amide bonds. The van der Waals surface area contributed by atoms with Gasteiger partial charge in [-0.3, -0.25) is 9.78 Å². The van der Waals surface area contributed by atoms with Crippen LogP contribution >= 0.6 is 0 Å². The van der Waals surface area contributed by atoms with E-state index >= 15 is 0 Å². The molecule has 0 aliphatic heterocycles. The zero-order valence-corrected chi connectivity index (χ0v) is 8.85. The minimum absolute atomic E-state index is 0.653. The SMILES string of the molecule is [CH2]Cc1ccc(OOc2cc[c]cc2)cc1. The standard InChI is InChI=1S/C14H12O2/c1-2-12-8-10-14(11-9-12)16-15-13-6-4-3-5-7-13/h4-11H,1-2H2. The molecule has 0 fully saturated rings. The van der Waals surface area contributed by atoms with Gasteiger partial charge in [0, 0.05) is 0 Å². The summed E-state index contributed by atoms with van der Waals surface area (Å²) >= 11 is 0. The van der Waals surface area contributed by atoms with Gasteiger partial charge in [0.1, 0.15) is 0 Å². The Bertz CT molecular complexity index is 420. The van der Waals surface area contributed by atoms with Crippen LogP contribution in [0.15, 0.2) is 48.5 Å². The second kappa shape index (κ2) is 5.21. The largest absolute Gasteiger partial charge is 0.290 e. The lowest BCUT2D eigenvalue weighted by Gasteiger charge is -2.05. The van der Waals surface area contributed by atoms with E-state index in [1.54, 1.807) is 24.3 Å². The second-order valence-corrected chi connectivity index (χ2v) is 3.30. The topological polar surface area (TPSA) is 18.5 Å². The Kier molecular flexibility index (Phi) is 3.44. The second-order valence-electron chi connectivity index (χ2n) is 3.30. The molecule has 0 saturated heterocycles. The highest BCUT2D eigenvalue weighted by atomic mass is 17.2. The molecule has 2 nitrogen and oxygen atoms in total. The van der Waals surface area contributed by atoms with Crippen molar-refractivity contribution in [2.45, 2.75) is 6.42 Å². The summed E-state index contributed by atoms with van der Waals surface area (Å²) in [7, 11) is 0. The third-order valence-corrected chi connectivity index (χ3v) is 2.13. The number of hydrogen-bond acceptors (Lipinski definition) is 2. The van der Waals surface area contributed by atoms with E-state index in [0.717, 1.165) is 6.42 Å². The van der Waals surface area contributed by atoms with Crippen molar-refractivity contribution < 1.29 is 9.78 Å². The first-order valence-electron chi connectivity index (χ1n) is 5.07.